The van der Waals surface area contributed by atoms with Crippen LogP contribution in [-0.2, 0) is 22.0 Å². The van der Waals surface area contributed by atoms with Crippen LogP contribution in [0.4, 0.5) is 0 Å². The molecule has 0 aliphatic heterocycles. The van der Waals surface area contributed by atoms with Gasteiger partial charge in [-0.3, -0.25) is 4.79 Å². The van der Waals surface area contributed by atoms with E-state index in [1.165, 1.54) is 0 Å². The fourth-order valence-electron chi connectivity index (χ4n) is 2.12. The number of benzene rings is 1. The standard InChI is InChI=1S/C17H25ClO2/c1-16(2,3)12-9-11(7-8-14(18)19)15(20)13(10-12)17(4,5)6/h9-10,20H,7-8H2,1-6H3. The van der Waals surface area contributed by atoms with Crippen molar-refractivity contribution in [1.29, 1.82) is 0 Å². The van der Waals surface area contributed by atoms with Gasteiger partial charge in [0, 0.05) is 6.42 Å². The van der Waals surface area contributed by atoms with Gasteiger partial charge >= 0.3 is 0 Å². The molecule has 0 aliphatic carbocycles. The molecule has 0 aliphatic rings. The Kier molecular flexibility index (Phi) is 4.91. The zero-order valence-corrected chi connectivity index (χ0v) is 14.1. The van der Waals surface area contributed by atoms with Gasteiger partial charge in [0.05, 0.1) is 0 Å². The maximum absolute atomic E-state index is 11.0. The topological polar surface area (TPSA) is 37.3 Å². The normalized spacial score (nSPS) is 12.6. The average Bonchev–Trinajstić information content (AvgIpc) is 2.24. The summed E-state index contributed by atoms with van der Waals surface area (Å²) in [5.41, 5.74) is 2.73. The second kappa shape index (κ2) is 5.77. The van der Waals surface area contributed by atoms with Crippen LogP contribution in [0, 0.1) is 0 Å². The molecule has 1 N–H and O–H groups in total. The minimum Gasteiger partial charge on any atom is -0.507 e. The SMILES string of the molecule is CC(C)(C)c1cc(CCC(=O)Cl)c(O)c(C(C)(C)C)c1. The molecule has 112 valence electrons. The molecule has 1 aromatic rings. The first kappa shape index (κ1) is 17.0. The van der Waals surface area contributed by atoms with Crippen LogP contribution >= 0.6 is 11.6 Å². The predicted octanol–water partition coefficient (Wildman–Crippen LogP) is 4.69. The maximum atomic E-state index is 11.0. The molecule has 0 atom stereocenters. The number of halogens is 1. The van der Waals surface area contributed by atoms with E-state index in [-0.39, 0.29) is 22.5 Å². The van der Waals surface area contributed by atoms with E-state index in [0.29, 0.717) is 12.2 Å². The predicted molar refractivity (Wildman–Crippen MR) is 84.7 cm³/mol. The first-order valence-electron chi connectivity index (χ1n) is 6.98. The molecule has 20 heavy (non-hydrogen) atoms. The molecule has 0 saturated carbocycles. The molecule has 0 amide bonds. The van der Waals surface area contributed by atoms with Crippen LogP contribution in [-0.4, -0.2) is 10.3 Å². The molecule has 0 bridgehead atoms. The summed E-state index contributed by atoms with van der Waals surface area (Å²) in [7, 11) is 0. The Morgan fingerprint density at radius 1 is 1.10 bits per heavy atom. The second-order valence-electron chi connectivity index (χ2n) is 7.39. The largest absolute Gasteiger partial charge is 0.507 e. The quantitative estimate of drug-likeness (QED) is 0.822. The minimum atomic E-state index is -0.372. The van der Waals surface area contributed by atoms with E-state index in [4.69, 9.17) is 11.6 Å². The first-order valence-corrected chi connectivity index (χ1v) is 7.36. The number of rotatable bonds is 3. The van der Waals surface area contributed by atoms with E-state index in [1.54, 1.807) is 0 Å². The first-order chi connectivity index (χ1) is 8.93. The number of aryl methyl sites for hydroxylation is 1. The van der Waals surface area contributed by atoms with Crippen molar-refractivity contribution >= 4 is 16.8 Å². The van der Waals surface area contributed by atoms with Crippen LogP contribution in [0.1, 0.15) is 64.7 Å². The molecular formula is C17H25ClO2. The van der Waals surface area contributed by atoms with Crippen LogP contribution in [0.15, 0.2) is 12.1 Å². The number of phenols is 1. The van der Waals surface area contributed by atoms with Crippen molar-refractivity contribution < 1.29 is 9.90 Å². The highest BCUT2D eigenvalue weighted by Gasteiger charge is 2.24. The van der Waals surface area contributed by atoms with Crippen molar-refractivity contribution in [2.45, 2.75) is 65.2 Å². The number of aromatic hydroxyl groups is 1. The Morgan fingerprint density at radius 2 is 1.65 bits per heavy atom. The van der Waals surface area contributed by atoms with E-state index in [2.05, 4.69) is 47.6 Å². The summed E-state index contributed by atoms with van der Waals surface area (Å²) >= 11 is 5.42. The van der Waals surface area contributed by atoms with Crippen molar-refractivity contribution in [2.24, 2.45) is 0 Å². The highest BCUT2D eigenvalue weighted by Crippen LogP contribution is 2.38. The third kappa shape index (κ3) is 4.24. The van der Waals surface area contributed by atoms with E-state index >= 15 is 0 Å². The Morgan fingerprint density at radius 3 is 2.05 bits per heavy atom. The number of phenolic OH excluding ortho intramolecular Hbond substituents is 1. The fraction of sp³-hybridized carbons (Fsp3) is 0.588. The zero-order valence-electron chi connectivity index (χ0n) is 13.3. The van der Waals surface area contributed by atoms with Gasteiger partial charge in [0.1, 0.15) is 5.75 Å². The number of carbonyl (C=O) groups excluding carboxylic acids is 1. The molecule has 1 rings (SSSR count). The van der Waals surface area contributed by atoms with Gasteiger partial charge in [0.15, 0.2) is 0 Å². The van der Waals surface area contributed by atoms with E-state index < -0.39 is 0 Å². The fourth-order valence-corrected chi connectivity index (χ4v) is 2.22. The Hall–Kier alpha value is -1.02. The summed E-state index contributed by atoms with van der Waals surface area (Å²) in [5.74, 6) is 0.295. The van der Waals surface area contributed by atoms with Crippen LogP contribution in [0.2, 0.25) is 0 Å². The molecule has 3 heteroatoms. The Labute approximate surface area is 127 Å². The van der Waals surface area contributed by atoms with Gasteiger partial charge in [0.25, 0.3) is 0 Å². The molecular weight excluding hydrogens is 272 g/mol. The molecule has 0 heterocycles. The lowest BCUT2D eigenvalue weighted by molar-refractivity contribution is -0.111. The van der Waals surface area contributed by atoms with E-state index in [0.717, 1.165) is 16.7 Å². The summed E-state index contributed by atoms with van der Waals surface area (Å²) in [4.78, 5) is 11.0. The van der Waals surface area contributed by atoms with Crippen LogP contribution < -0.4 is 0 Å². The summed E-state index contributed by atoms with van der Waals surface area (Å²) in [6.07, 6.45) is 0.716. The van der Waals surface area contributed by atoms with Crippen molar-refractivity contribution in [3.8, 4) is 5.75 Å². The zero-order chi connectivity index (χ0) is 15.7. The van der Waals surface area contributed by atoms with Crippen LogP contribution in [0.3, 0.4) is 0 Å². The van der Waals surface area contributed by atoms with Gasteiger partial charge in [-0.15, -0.1) is 0 Å². The Bertz CT molecular complexity index is 505. The summed E-state index contributed by atoms with van der Waals surface area (Å²) in [6.45, 7) is 12.6. The van der Waals surface area contributed by atoms with Crippen LogP contribution in [0.25, 0.3) is 0 Å². The smallest absolute Gasteiger partial charge is 0.221 e. The molecule has 0 spiro atoms. The lowest BCUT2D eigenvalue weighted by Crippen LogP contribution is -2.17. The molecule has 0 unspecified atom stereocenters. The third-order valence-electron chi connectivity index (χ3n) is 3.45. The van der Waals surface area contributed by atoms with E-state index in [1.807, 2.05) is 6.07 Å². The monoisotopic (exact) mass is 296 g/mol. The molecule has 0 radical (unpaired) electrons. The number of hydrogen-bond acceptors (Lipinski definition) is 2. The van der Waals surface area contributed by atoms with Gasteiger partial charge in [-0.25, -0.2) is 0 Å². The van der Waals surface area contributed by atoms with Crippen LogP contribution in [0.5, 0.6) is 5.75 Å². The van der Waals surface area contributed by atoms with Gasteiger partial charge in [-0.2, -0.15) is 0 Å². The van der Waals surface area contributed by atoms with Gasteiger partial charge < -0.3 is 5.11 Å². The van der Waals surface area contributed by atoms with Crippen molar-refractivity contribution in [1.82, 2.24) is 0 Å². The van der Waals surface area contributed by atoms with Crippen molar-refractivity contribution in [3.05, 3.63) is 28.8 Å². The molecule has 1 aromatic carbocycles. The molecule has 0 saturated heterocycles. The second-order valence-corrected chi connectivity index (χ2v) is 7.81. The van der Waals surface area contributed by atoms with Crippen molar-refractivity contribution in [3.63, 3.8) is 0 Å². The van der Waals surface area contributed by atoms with E-state index in [9.17, 15) is 9.90 Å². The Balaban J connectivity index is 3.39. The van der Waals surface area contributed by atoms with Gasteiger partial charge in [-0.1, -0.05) is 53.7 Å². The molecule has 2 nitrogen and oxygen atoms in total. The highest BCUT2D eigenvalue weighted by atomic mass is 35.5. The lowest BCUT2D eigenvalue weighted by atomic mass is 9.78. The number of hydrogen-bond donors (Lipinski definition) is 1. The summed E-state index contributed by atoms with van der Waals surface area (Å²) in [6, 6.07) is 4.06. The third-order valence-corrected chi connectivity index (χ3v) is 3.64. The highest BCUT2D eigenvalue weighted by molar-refractivity contribution is 6.63. The minimum absolute atomic E-state index is 0.00652. The lowest BCUT2D eigenvalue weighted by Gasteiger charge is -2.27. The van der Waals surface area contributed by atoms with Crippen molar-refractivity contribution in [2.75, 3.05) is 0 Å². The summed E-state index contributed by atoms with van der Waals surface area (Å²) in [5, 5.41) is 10.1. The van der Waals surface area contributed by atoms with Gasteiger partial charge in [0.2, 0.25) is 5.24 Å². The summed E-state index contributed by atoms with van der Waals surface area (Å²) < 4.78 is 0. The average molecular weight is 297 g/mol. The van der Waals surface area contributed by atoms with Gasteiger partial charge in [-0.05, 0) is 45.5 Å². The number of carbonyl (C=O) groups is 1. The molecule has 0 fully saturated rings. The molecule has 0 aromatic heterocycles. The maximum Gasteiger partial charge on any atom is 0.221 e.